The van der Waals surface area contributed by atoms with E-state index in [0.717, 1.165) is 28.1 Å². The lowest BCUT2D eigenvalue weighted by Gasteiger charge is -2.17. The van der Waals surface area contributed by atoms with Crippen molar-refractivity contribution in [2.24, 2.45) is 12.8 Å². The van der Waals surface area contributed by atoms with Gasteiger partial charge in [0, 0.05) is 49.7 Å². The Hall–Kier alpha value is -3.71. The molecule has 0 fully saturated rings. The molecule has 4 rings (SSSR count). The van der Waals surface area contributed by atoms with Crippen molar-refractivity contribution in [2.45, 2.75) is 6.42 Å². The van der Waals surface area contributed by atoms with Gasteiger partial charge in [-0.25, -0.2) is 4.98 Å². The van der Waals surface area contributed by atoms with Crippen LogP contribution in [-0.4, -0.2) is 33.3 Å². The van der Waals surface area contributed by atoms with Gasteiger partial charge in [0.05, 0.1) is 11.0 Å². The van der Waals surface area contributed by atoms with E-state index in [4.69, 9.17) is 16.1 Å². The zero-order valence-corrected chi connectivity index (χ0v) is 18.1. The summed E-state index contributed by atoms with van der Waals surface area (Å²) < 4.78 is 2.06. The number of carbonyl (C=O) groups excluding carboxylic acids is 1. The topological polar surface area (TPSA) is 101 Å². The molecule has 0 saturated carbocycles. The van der Waals surface area contributed by atoms with Gasteiger partial charge in [-0.1, -0.05) is 24.3 Å². The first kappa shape index (κ1) is 22.0. The van der Waals surface area contributed by atoms with Crippen molar-refractivity contribution in [3.63, 3.8) is 0 Å². The summed E-state index contributed by atoms with van der Waals surface area (Å²) in [6.45, 7) is 0. The molecule has 4 aromatic rings. The molecule has 0 aliphatic carbocycles. The summed E-state index contributed by atoms with van der Waals surface area (Å²) >= 11 is 0. The number of nitrogen functional groups attached to an aromatic ring is 1. The quantitative estimate of drug-likeness (QED) is 0.370. The van der Waals surface area contributed by atoms with Gasteiger partial charge in [-0.15, -0.1) is 12.4 Å². The second-order valence-corrected chi connectivity index (χ2v) is 7.15. The summed E-state index contributed by atoms with van der Waals surface area (Å²) in [5.74, 6) is 0.876. The fourth-order valence-electron chi connectivity index (χ4n) is 3.39. The molecule has 0 atom stereocenters. The molecule has 2 aromatic heterocycles. The number of anilines is 1. The number of benzene rings is 2. The van der Waals surface area contributed by atoms with E-state index < -0.39 is 0 Å². The highest BCUT2D eigenvalue weighted by molar-refractivity contribution is 6.06. The van der Waals surface area contributed by atoms with Crippen molar-refractivity contribution >= 4 is 40.9 Å². The molecule has 0 bridgehead atoms. The molecular weight excluding hydrogens is 412 g/mol. The zero-order chi connectivity index (χ0) is 21.3. The first-order chi connectivity index (χ1) is 14.4. The fraction of sp³-hybridized carbons (Fsp3) is 0.130. The maximum atomic E-state index is 12.7. The molecule has 0 aliphatic rings. The van der Waals surface area contributed by atoms with Crippen LogP contribution in [-0.2, 0) is 13.5 Å². The molecule has 0 radical (unpaired) electrons. The number of pyridine rings is 1. The second-order valence-electron chi connectivity index (χ2n) is 7.15. The number of hydrogen-bond acceptors (Lipinski definition) is 4. The Morgan fingerprint density at radius 2 is 1.74 bits per heavy atom. The number of carbonyl (C=O) groups is 1. The van der Waals surface area contributed by atoms with Crippen LogP contribution in [0.2, 0.25) is 0 Å². The smallest absolute Gasteiger partial charge is 0.258 e. The first-order valence-electron chi connectivity index (χ1n) is 9.51. The number of nitrogens with two attached hydrogens (primary N) is 1. The third-order valence-corrected chi connectivity index (χ3v) is 5.20. The number of imidazole rings is 1. The summed E-state index contributed by atoms with van der Waals surface area (Å²) in [5, 5.41) is 7.50. The van der Waals surface area contributed by atoms with E-state index in [0.29, 0.717) is 17.5 Å². The van der Waals surface area contributed by atoms with E-state index in [2.05, 4.69) is 9.55 Å². The number of nitrogens with zero attached hydrogens (tertiary/aromatic N) is 4. The van der Waals surface area contributed by atoms with Crippen molar-refractivity contribution in [3.8, 4) is 0 Å². The monoisotopic (exact) mass is 434 g/mol. The maximum Gasteiger partial charge on any atom is 0.258 e. The van der Waals surface area contributed by atoms with Gasteiger partial charge in [0.15, 0.2) is 0 Å². The standard InChI is InChI=1S/C23H22N6O.ClH/c1-28(23(30)17-9-11-26-12-10-17)18-7-8-20-19(14-18)27-21(29(20)2)13-15-3-5-16(6-4-15)22(24)25;/h3-12,14H,13H2,1-2H3,(H3,24,25);1H. The number of aromatic nitrogens is 3. The predicted molar refractivity (Wildman–Crippen MR) is 125 cm³/mol. The maximum absolute atomic E-state index is 12.7. The minimum Gasteiger partial charge on any atom is -0.384 e. The summed E-state index contributed by atoms with van der Waals surface area (Å²) in [4.78, 5) is 23.1. The van der Waals surface area contributed by atoms with E-state index in [1.807, 2.05) is 49.5 Å². The molecular formula is C23H23ClN6O. The van der Waals surface area contributed by atoms with Crippen LogP contribution < -0.4 is 10.6 Å². The third-order valence-electron chi connectivity index (χ3n) is 5.20. The minimum atomic E-state index is -0.0986. The number of fused-ring (bicyclic) bond motifs is 1. The lowest BCUT2D eigenvalue weighted by Crippen LogP contribution is -2.26. The van der Waals surface area contributed by atoms with Gasteiger partial charge >= 0.3 is 0 Å². The molecule has 7 nitrogen and oxygen atoms in total. The van der Waals surface area contributed by atoms with Gasteiger partial charge in [0.25, 0.3) is 5.91 Å². The molecule has 0 aliphatic heterocycles. The molecule has 158 valence electrons. The van der Waals surface area contributed by atoms with Crippen LogP contribution in [0.1, 0.15) is 27.3 Å². The van der Waals surface area contributed by atoms with Gasteiger partial charge in [-0.3, -0.25) is 15.2 Å². The highest BCUT2D eigenvalue weighted by Gasteiger charge is 2.16. The number of hydrogen-bond donors (Lipinski definition) is 2. The summed E-state index contributed by atoms with van der Waals surface area (Å²) in [7, 11) is 3.74. The molecule has 8 heteroatoms. The Morgan fingerprint density at radius 3 is 2.39 bits per heavy atom. The summed E-state index contributed by atoms with van der Waals surface area (Å²) in [5.41, 5.74) is 10.5. The van der Waals surface area contributed by atoms with Crippen LogP contribution in [0.3, 0.4) is 0 Å². The van der Waals surface area contributed by atoms with E-state index in [1.165, 1.54) is 0 Å². The Labute approximate surface area is 186 Å². The normalized spacial score (nSPS) is 10.5. The molecule has 2 heterocycles. The number of rotatable bonds is 5. The van der Waals surface area contributed by atoms with Crippen LogP contribution in [0.4, 0.5) is 5.69 Å². The number of nitrogens with one attached hydrogen (secondary N) is 1. The Balaban J connectivity index is 0.00000272. The Morgan fingerprint density at radius 1 is 1.06 bits per heavy atom. The Kier molecular flexibility index (Phi) is 6.36. The fourth-order valence-corrected chi connectivity index (χ4v) is 3.39. The molecule has 0 unspecified atom stereocenters. The summed E-state index contributed by atoms with van der Waals surface area (Å²) in [6.07, 6.45) is 3.88. The Bertz CT molecular complexity index is 1230. The second kappa shape index (κ2) is 8.97. The van der Waals surface area contributed by atoms with Crippen molar-refractivity contribution in [2.75, 3.05) is 11.9 Å². The van der Waals surface area contributed by atoms with Crippen LogP contribution in [0, 0.1) is 5.41 Å². The highest BCUT2D eigenvalue weighted by Crippen LogP contribution is 2.24. The van der Waals surface area contributed by atoms with Crippen LogP contribution >= 0.6 is 12.4 Å². The average Bonchev–Trinajstić information content (AvgIpc) is 3.08. The molecule has 0 saturated heterocycles. The minimum absolute atomic E-state index is 0. The molecule has 0 spiro atoms. The zero-order valence-electron chi connectivity index (χ0n) is 17.2. The van der Waals surface area contributed by atoms with E-state index in [-0.39, 0.29) is 24.1 Å². The van der Waals surface area contributed by atoms with Crippen molar-refractivity contribution in [1.82, 2.24) is 14.5 Å². The predicted octanol–water partition coefficient (Wildman–Crippen LogP) is 3.54. The lowest BCUT2D eigenvalue weighted by atomic mass is 10.1. The molecule has 2 aromatic carbocycles. The van der Waals surface area contributed by atoms with Crippen molar-refractivity contribution in [3.05, 3.63) is 89.5 Å². The highest BCUT2D eigenvalue weighted by atomic mass is 35.5. The average molecular weight is 435 g/mol. The van der Waals surface area contributed by atoms with Gasteiger partial charge in [-0.05, 0) is 35.9 Å². The van der Waals surface area contributed by atoms with Gasteiger partial charge in [0.2, 0.25) is 0 Å². The van der Waals surface area contributed by atoms with Crippen LogP contribution in [0.25, 0.3) is 11.0 Å². The first-order valence-corrected chi connectivity index (χ1v) is 9.51. The molecule has 3 N–H and O–H groups in total. The van der Waals surface area contributed by atoms with Crippen LogP contribution in [0.5, 0.6) is 0 Å². The van der Waals surface area contributed by atoms with E-state index >= 15 is 0 Å². The van der Waals surface area contributed by atoms with Gasteiger partial charge in [-0.2, -0.15) is 0 Å². The largest absolute Gasteiger partial charge is 0.384 e. The van der Waals surface area contributed by atoms with Gasteiger partial charge in [0.1, 0.15) is 11.7 Å². The van der Waals surface area contributed by atoms with Crippen molar-refractivity contribution in [1.29, 1.82) is 5.41 Å². The van der Waals surface area contributed by atoms with Gasteiger partial charge < -0.3 is 15.2 Å². The SMILES string of the molecule is CN(C(=O)c1ccncc1)c1ccc2c(c1)nc(Cc1ccc(C(=N)N)cc1)n2C.Cl. The van der Waals surface area contributed by atoms with E-state index in [9.17, 15) is 4.79 Å². The number of amides is 1. The number of aryl methyl sites for hydroxylation is 1. The van der Waals surface area contributed by atoms with Crippen LogP contribution in [0.15, 0.2) is 67.0 Å². The number of halogens is 1. The third kappa shape index (κ3) is 4.41. The molecule has 31 heavy (non-hydrogen) atoms. The lowest BCUT2D eigenvalue weighted by molar-refractivity contribution is 0.0993. The molecule has 1 amide bonds. The van der Waals surface area contributed by atoms with Crippen molar-refractivity contribution < 1.29 is 4.79 Å². The van der Waals surface area contributed by atoms with E-state index in [1.54, 1.807) is 36.5 Å². The number of amidine groups is 1. The summed E-state index contributed by atoms with van der Waals surface area (Å²) in [6, 6.07) is 16.9.